The molecule has 0 spiro atoms. The molecule has 2 heterocycles. The summed E-state index contributed by atoms with van der Waals surface area (Å²) in [7, 11) is 0. The maximum atomic E-state index is 9.84. The van der Waals surface area contributed by atoms with E-state index in [1.165, 1.54) is 0 Å². The Morgan fingerprint density at radius 1 is 0.920 bits per heavy atom. The molecule has 0 aliphatic carbocycles. The third-order valence-corrected chi connectivity index (χ3v) is 4.54. The molecule has 0 amide bonds. The highest BCUT2D eigenvalue weighted by Crippen LogP contribution is 2.34. The molecule has 0 aliphatic rings. The number of fused-ring (bicyclic) bond motifs is 1. The van der Waals surface area contributed by atoms with Crippen molar-refractivity contribution in [3.63, 3.8) is 0 Å². The highest BCUT2D eigenvalue weighted by atomic mass is 32.1. The van der Waals surface area contributed by atoms with Gasteiger partial charge in [-0.05, 0) is 55.8 Å². The highest BCUT2D eigenvalue weighted by Gasteiger charge is 2.17. The first-order chi connectivity index (χ1) is 12.0. The Balaban J connectivity index is 2.03. The van der Waals surface area contributed by atoms with Crippen LogP contribution in [0.1, 0.15) is 11.3 Å². The lowest BCUT2D eigenvalue weighted by atomic mass is 10.0. The molecule has 1 N–H and O–H groups in total. The third kappa shape index (κ3) is 2.76. The van der Waals surface area contributed by atoms with Gasteiger partial charge >= 0.3 is 0 Å². The van der Waals surface area contributed by atoms with Crippen molar-refractivity contribution >= 4 is 18.4 Å². The van der Waals surface area contributed by atoms with Gasteiger partial charge in [-0.25, -0.2) is 9.97 Å². The molecule has 2 aromatic heterocycles. The maximum Gasteiger partial charge on any atom is 0.235 e. The van der Waals surface area contributed by atoms with Crippen LogP contribution in [0.15, 0.2) is 59.6 Å². The van der Waals surface area contributed by atoms with Gasteiger partial charge < -0.3 is 5.11 Å². The molecule has 0 saturated carbocycles. The summed E-state index contributed by atoms with van der Waals surface area (Å²) in [5.41, 5.74) is 5.53. The Bertz CT molecular complexity index is 1080. The minimum absolute atomic E-state index is 0.280. The van der Waals surface area contributed by atoms with E-state index in [2.05, 4.69) is 17.6 Å². The van der Waals surface area contributed by atoms with E-state index in [1.807, 2.05) is 66.9 Å². The number of aromatic nitrogens is 3. The van der Waals surface area contributed by atoms with Gasteiger partial charge in [0, 0.05) is 27.9 Å². The van der Waals surface area contributed by atoms with Crippen LogP contribution in [0.4, 0.5) is 0 Å². The van der Waals surface area contributed by atoms with Gasteiger partial charge in [0.05, 0.1) is 11.4 Å². The first-order valence-electron chi connectivity index (χ1n) is 7.98. The van der Waals surface area contributed by atoms with E-state index in [-0.39, 0.29) is 5.75 Å². The molecule has 0 atom stereocenters. The number of aromatic hydroxyl groups is 1. The van der Waals surface area contributed by atoms with Crippen LogP contribution in [0, 0.1) is 13.8 Å². The van der Waals surface area contributed by atoms with Gasteiger partial charge in [-0.1, -0.05) is 12.1 Å². The van der Waals surface area contributed by atoms with Crippen molar-refractivity contribution in [2.45, 2.75) is 18.7 Å². The van der Waals surface area contributed by atoms with Crippen LogP contribution in [0.2, 0.25) is 0 Å². The fourth-order valence-corrected chi connectivity index (χ4v) is 3.07. The minimum Gasteiger partial charge on any atom is -0.508 e. The zero-order valence-corrected chi connectivity index (χ0v) is 14.8. The molecule has 0 radical (unpaired) electrons. The predicted octanol–water partition coefficient (Wildman–Crippen LogP) is 4.67. The lowest BCUT2D eigenvalue weighted by Crippen LogP contribution is -1.92. The fraction of sp³-hybridized carbons (Fsp3) is 0.100. The summed E-state index contributed by atoms with van der Waals surface area (Å²) in [6.07, 6.45) is 1.99. The molecule has 0 unspecified atom stereocenters. The molecular weight excluding hydrogens is 330 g/mol. The van der Waals surface area contributed by atoms with Crippen LogP contribution >= 0.6 is 12.6 Å². The Labute approximate surface area is 151 Å². The number of phenols is 1. The van der Waals surface area contributed by atoms with Crippen molar-refractivity contribution in [2.24, 2.45) is 0 Å². The Morgan fingerprint density at radius 2 is 1.64 bits per heavy atom. The number of imidazole rings is 1. The summed E-state index contributed by atoms with van der Waals surface area (Å²) in [5.74, 6) is 0.938. The SMILES string of the molecule is Cc1ccn2c(-c3ccc(S)cc3)c(-c3ccc(O)c(C)c3)nc2n1. The van der Waals surface area contributed by atoms with E-state index in [0.29, 0.717) is 5.78 Å². The van der Waals surface area contributed by atoms with Crippen molar-refractivity contribution in [3.8, 4) is 28.3 Å². The zero-order chi connectivity index (χ0) is 17.6. The van der Waals surface area contributed by atoms with Crippen molar-refractivity contribution in [1.82, 2.24) is 14.4 Å². The van der Waals surface area contributed by atoms with Crippen molar-refractivity contribution in [2.75, 3.05) is 0 Å². The third-order valence-electron chi connectivity index (χ3n) is 4.24. The lowest BCUT2D eigenvalue weighted by Gasteiger charge is -2.07. The van der Waals surface area contributed by atoms with Gasteiger partial charge in [0.15, 0.2) is 0 Å². The number of thiol groups is 1. The molecule has 0 aliphatic heterocycles. The van der Waals surface area contributed by atoms with Crippen LogP contribution in [0.25, 0.3) is 28.3 Å². The van der Waals surface area contributed by atoms with Crippen LogP contribution in [0.5, 0.6) is 5.75 Å². The molecule has 0 saturated heterocycles. The van der Waals surface area contributed by atoms with Gasteiger partial charge in [-0.15, -0.1) is 12.6 Å². The summed E-state index contributed by atoms with van der Waals surface area (Å²) in [6.45, 7) is 3.83. The van der Waals surface area contributed by atoms with E-state index in [4.69, 9.17) is 4.98 Å². The van der Waals surface area contributed by atoms with Gasteiger partial charge in [0.1, 0.15) is 5.75 Å². The van der Waals surface area contributed by atoms with Crippen molar-refractivity contribution in [1.29, 1.82) is 0 Å². The van der Waals surface area contributed by atoms with Gasteiger partial charge in [-0.3, -0.25) is 4.40 Å². The molecule has 4 aromatic rings. The van der Waals surface area contributed by atoms with Crippen LogP contribution < -0.4 is 0 Å². The zero-order valence-electron chi connectivity index (χ0n) is 13.9. The maximum absolute atomic E-state index is 9.84. The number of benzene rings is 2. The number of hydrogen-bond donors (Lipinski definition) is 2. The second-order valence-corrected chi connectivity index (χ2v) is 6.61. The van der Waals surface area contributed by atoms with E-state index in [1.54, 1.807) is 6.07 Å². The summed E-state index contributed by atoms with van der Waals surface area (Å²) in [5, 5.41) is 9.84. The molecule has 4 rings (SSSR count). The summed E-state index contributed by atoms with van der Waals surface area (Å²) in [4.78, 5) is 10.2. The molecule has 124 valence electrons. The number of phenolic OH excluding ortho intramolecular Hbond substituents is 1. The van der Waals surface area contributed by atoms with Crippen LogP contribution in [-0.4, -0.2) is 19.5 Å². The molecule has 4 nitrogen and oxygen atoms in total. The largest absolute Gasteiger partial charge is 0.508 e. The summed E-state index contributed by atoms with van der Waals surface area (Å²) >= 11 is 4.37. The van der Waals surface area contributed by atoms with Gasteiger partial charge in [-0.2, -0.15) is 0 Å². The average Bonchev–Trinajstić information content (AvgIpc) is 2.96. The smallest absolute Gasteiger partial charge is 0.235 e. The topological polar surface area (TPSA) is 50.4 Å². The first-order valence-corrected chi connectivity index (χ1v) is 8.43. The molecule has 0 bridgehead atoms. The Hall–Kier alpha value is -2.79. The number of nitrogens with zero attached hydrogens (tertiary/aromatic N) is 3. The minimum atomic E-state index is 0.280. The van der Waals surface area contributed by atoms with Crippen LogP contribution in [-0.2, 0) is 0 Å². The van der Waals surface area contributed by atoms with E-state index < -0.39 is 0 Å². The molecule has 5 heteroatoms. The summed E-state index contributed by atoms with van der Waals surface area (Å²) in [6, 6.07) is 15.5. The monoisotopic (exact) mass is 347 g/mol. The molecule has 0 fully saturated rings. The quantitative estimate of drug-likeness (QED) is 0.518. The second-order valence-electron chi connectivity index (χ2n) is 6.10. The van der Waals surface area contributed by atoms with E-state index >= 15 is 0 Å². The van der Waals surface area contributed by atoms with Crippen molar-refractivity contribution < 1.29 is 5.11 Å². The second kappa shape index (κ2) is 5.93. The Kier molecular flexibility index (Phi) is 3.73. The normalized spacial score (nSPS) is 11.2. The van der Waals surface area contributed by atoms with Gasteiger partial charge in [0.25, 0.3) is 0 Å². The Morgan fingerprint density at radius 3 is 2.36 bits per heavy atom. The van der Waals surface area contributed by atoms with Crippen molar-refractivity contribution in [3.05, 3.63) is 66.0 Å². The molecule has 25 heavy (non-hydrogen) atoms. The van der Waals surface area contributed by atoms with Crippen LogP contribution in [0.3, 0.4) is 0 Å². The number of hydrogen-bond acceptors (Lipinski definition) is 4. The molecular formula is C20H17N3OS. The molecule has 2 aromatic carbocycles. The standard InChI is InChI=1S/C20H17N3OS/c1-12-11-15(5-8-17(12)24)18-19(14-3-6-16(25)7-4-14)23-10-9-13(2)21-20(23)22-18/h3-11,24-25H,1-2H3. The first kappa shape index (κ1) is 15.7. The summed E-state index contributed by atoms with van der Waals surface area (Å²) < 4.78 is 2.00. The van der Waals surface area contributed by atoms with E-state index in [0.717, 1.165) is 38.7 Å². The lowest BCUT2D eigenvalue weighted by molar-refractivity contribution is 0.471. The predicted molar refractivity (Wildman–Crippen MR) is 102 cm³/mol. The average molecular weight is 347 g/mol. The van der Waals surface area contributed by atoms with Gasteiger partial charge in [0.2, 0.25) is 5.78 Å². The number of rotatable bonds is 2. The fourth-order valence-electron chi connectivity index (χ4n) is 2.92. The number of aryl methyl sites for hydroxylation is 2. The van der Waals surface area contributed by atoms with E-state index in [9.17, 15) is 5.11 Å². The highest BCUT2D eigenvalue weighted by molar-refractivity contribution is 7.80.